The molecule has 5 nitrogen and oxygen atoms in total. The van der Waals surface area contributed by atoms with E-state index in [1.54, 1.807) is 24.3 Å². The molecule has 0 unspecified atom stereocenters. The minimum Gasteiger partial charge on any atom is -0.324 e. The van der Waals surface area contributed by atoms with Crippen molar-refractivity contribution in [1.29, 1.82) is 0 Å². The molecule has 0 atom stereocenters. The zero-order chi connectivity index (χ0) is 14.6. The van der Waals surface area contributed by atoms with Gasteiger partial charge in [0.1, 0.15) is 0 Å². The van der Waals surface area contributed by atoms with Crippen LogP contribution in [-0.2, 0) is 10.0 Å². The first kappa shape index (κ1) is 15.3. The van der Waals surface area contributed by atoms with Crippen molar-refractivity contribution in [3.05, 3.63) is 24.3 Å². The number of hydrogen-bond acceptors (Lipinski definition) is 4. The molecule has 0 bridgehead atoms. The van der Waals surface area contributed by atoms with Crippen molar-refractivity contribution < 1.29 is 8.42 Å². The molecule has 112 valence electrons. The molecule has 1 fully saturated rings. The van der Waals surface area contributed by atoms with E-state index in [1.165, 1.54) is 12.8 Å². The van der Waals surface area contributed by atoms with Crippen LogP contribution < -0.4 is 16.0 Å². The number of nitrogens with one attached hydrogen (secondary N) is 2. The maximum absolute atomic E-state index is 12.2. The van der Waals surface area contributed by atoms with Gasteiger partial charge in [0.2, 0.25) is 10.0 Å². The van der Waals surface area contributed by atoms with Crippen LogP contribution in [0.5, 0.6) is 0 Å². The zero-order valence-corrected chi connectivity index (χ0v) is 12.6. The minimum absolute atomic E-state index is 0.278. The minimum atomic E-state index is -3.42. The molecule has 1 aromatic carbocycles. The Bertz CT molecular complexity index is 520. The van der Waals surface area contributed by atoms with Crippen LogP contribution in [0.25, 0.3) is 0 Å². The number of benzene rings is 1. The van der Waals surface area contributed by atoms with Crippen molar-refractivity contribution >= 4 is 15.7 Å². The Kier molecular flexibility index (Phi) is 5.01. The molecule has 1 aliphatic rings. The van der Waals surface area contributed by atoms with E-state index in [9.17, 15) is 8.42 Å². The van der Waals surface area contributed by atoms with E-state index in [-0.39, 0.29) is 4.90 Å². The second kappa shape index (κ2) is 6.56. The highest BCUT2D eigenvalue weighted by molar-refractivity contribution is 7.89. The quantitative estimate of drug-likeness (QED) is 0.574. The predicted molar refractivity (Wildman–Crippen MR) is 80.6 cm³/mol. The van der Waals surface area contributed by atoms with Crippen LogP contribution in [0.2, 0.25) is 0 Å². The molecule has 0 radical (unpaired) electrons. The number of anilines is 1. The second-order valence-electron chi connectivity index (χ2n) is 5.65. The van der Waals surface area contributed by atoms with Crippen molar-refractivity contribution in [2.24, 2.45) is 17.7 Å². The lowest BCUT2D eigenvalue weighted by Gasteiger charge is -2.26. The fourth-order valence-corrected chi connectivity index (χ4v) is 3.69. The summed E-state index contributed by atoms with van der Waals surface area (Å²) in [6.45, 7) is 2.79. The highest BCUT2D eigenvalue weighted by atomic mass is 32.2. The van der Waals surface area contributed by atoms with E-state index in [2.05, 4.69) is 17.1 Å². The first-order valence-electron chi connectivity index (χ1n) is 7.07. The highest BCUT2D eigenvalue weighted by Crippen LogP contribution is 2.28. The van der Waals surface area contributed by atoms with Gasteiger partial charge in [0.25, 0.3) is 0 Å². The normalized spacial score (nSPS) is 23.5. The molecule has 2 rings (SSSR count). The summed E-state index contributed by atoms with van der Waals surface area (Å²) in [7, 11) is -3.42. The SMILES string of the molecule is CC1CCC(CNS(=O)(=O)c2ccc(NN)cc2)CC1. The number of hydrazine groups is 1. The van der Waals surface area contributed by atoms with Crippen molar-refractivity contribution in [3.63, 3.8) is 0 Å². The van der Waals surface area contributed by atoms with Gasteiger partial charge in [-0.05, 0) is 48.9 Å². The summed E-state index contributed by atoms with van der Waals surface area (Å²) in [6.07, 6.45) is 4.62. The lowest BCUT2D eigenvalue weighted by molar-refractivity contribution is 0.290. The van der Waals surface area contributed by atoms with Gasteiger partial charge in [0.15, 0.2) is 0 Å². The molecule has 20 heavy (non-hydrogen) atoms. The molecule has 0 heterocycles. The summed E-state index contributed by atoms with van der Waals surface area (Å²) >= 11 is 0. The fraction of sp³-hybridized carbons (Fsp3) is 0.571. The third kappa shape index (κ3) is 3.94. The Balaban J connectivity index is 1.93. The summed E-state index contributed by atoms with van der Waals surface area (Å²) in [5, 5.41) is 0. The summed E-state index contributed by atoms with van der Waals surface area (Å²) < 4.78 is 27.1. The van der Waals surface area contributed by atoms with E-state index in [0.29, 0.717) is 18.2 Å². The van der Waals surface area contributed by atoms with E-state index in [1.807, 2.05) is 0 Å². The lowest BCUT2D eigenvalue weighted by Crippen LogP contribution is -2.31. The average molecular weight is 297 g/mol. The molecule has 4 N–H and O–H groups in total. The Morgan fingerprint density at radius 3 is 2.30 bits per heavy atom. The number of rotatable bonds is 5. The Morgan fingerprint density at radius 1 is 1.15 bits per heavy atom. The van der Waals surface area contributed by atoms with Gasteiger partial charge in [-0.1, -0.05) is 19.8 Å². The highest BCUT2D eigenvalue weighted by Gasteiger charge is 2.21. The van der Waals surface area contributed by atoms with E-state index >= 15 is 0 Å². The number of hydrogen-bond donors (Lipinski definition) is 3. The van der Waals surface area contributed by atoms with Crippen LogP contribution in [-0.4, -0.2) is 15.0 Å². The van der Waals surface area contributed by atoms with Crippen LogP contribution in [0.15, 0.2) is 29.2 Å². The summed E-state index contributed by atoms with van der Waals surface area (Å²) in [5.41, 5.74) is 3.16. The first-order chi connectivity index (χ1) is 9.51. The fourth-order valence-electron chi connectivity index (χ4n) is 2.57. The van der Waals surface area contributed by atoms with Gasteiger partial charge < -0.3 is 5.43 Å². The Morgan fingerprint density at radius 2 is 1.75 bits per heavy atom. The number of nitrogens with two attached hydrogens (primary N) is 1. The van der Waals surface area contributed by atoms with Crippen LogP contribution in [0.1, 0.15) is 32.6 Å². The molecule has 0 saturated heterocycles. The second-order valence-corrected chi connectivity index (χ2v) is 7.41. The lowest BCUT2D eigenvalue weighted by atomic mass is 9.83. The molecular weight excluding hydrogens is 274 g/mol. The van der Waals surface area contributed by atoms with Gasteiger partial charge in [-0.15, -0.1) is 0 Å². The summed E-state index contributed by atoms with van der Waals surface area (Å²) in [4.78, 5) is 0.278. The molecule has 1 aromatic rings. The smallest absolute Gasteiger partial charge is 0.240 e. The molecule has 0 aromatic heterocycles. The molecule has 0 spiro atoms. The van der Waals surface area contributed by atoms with E-state index < -0.39 is 10.0 Å². The van der Waals surface area contributed by atoms with Crippen LogP contribution in [0, 0.1) is 11.8 Å². The van der Waals surface area contributed by atoms with Crippen molar-refractivity contribution in [2.75, 3.05) is 12.0 Å². The molecule has 1 saturated carbocycles. The van der Waals surface area contributed by atoms with Crippen LogP contribution in [0.4, 0.5) is 5.69 Å². The van der Waals surface area contributed by atoms with Gasteiger partial charge in [0.05, 0.1) is 4.90 Å². The maximum Gasteiger partial charge on any atom is 0.240 e. The van der Waals surface area contributed by atoms with Gasteiger partial charge in [0, 0.05) is 12.2 Å². The third-order valence-corrected chi connectivity index (χ3v) is 5.47. The summed E-state index contributed by atoms with van der Waals surface area (Å²) in [5.74, 6) is 6.50. The first-order valence-corrected chi connectivity index (χ1v) is 8.56. The molecule has 0 aliphatic heterocycles. The van der Waals surface area contributed by atoms with E-state index in [0.717, 1.165) is 18.8 Å². The van der Waals surface area contributed by atoms with Crippen molar-refractivity contribution in [1.82, 2.24) is 4.72 Å². The Hall–Kier alpha value is -1.11. The van der Waals surface area contributed by atoms with Gasteiger partial charge in [-0.25, -0.2) is 13.1 Å². The summed E-state index contributed by atoms with van der Waals surface area (Å²) in [6, 6.07) is 6.41. The zero-order valence-electron chi connectivity index (χ0n) is 11.8. The van der Waals surface area contributed by atoms with Crippen molar-refractivity contribution in [3.8, 4) is 0 Å². The third-order valence-electron chi connectivity index (χ3n) is 4.03. The average Bonchev–Trinajstić information content (AvgIpc) is 2.47. The Labute approximate surface area is 121 Å². The monoisotopic (exact) mass is 297 g/mol. The molecular formula is C14H23N3O2S. The number of nitrogen functional groups attached to an aromatic ring is 1. The van der Waals surface area contributed by atoms with Crippen LogP contribution >= 0.6 is 0 Å². The number of sulfonamides is 1. The molecule has 0 amide bonds. The maximum atomic E-state index is 12.2. The van der Waals surface area contributed by atoms with Gasteiger partial charge in [-0.2, -0.15) is 0 Å². The standard InChI is InChI=1S/C14H23N3O2S/c1-11-2-4-12(5-3-11)10-16-20(18,19)14-8-6-13(17-15)7-9-14/h6-9,11-12,16-17H,2-5,10,15H2,1H3. The van der Waals surface area contributed by atoms with Gasteiger partial charge in [-0.3, -0.25) is 5.84 Å². The van der Waals surface area contributed by atoms with E-state index in [4.69, 9.17) is 5.84 Å². The molecule has 1 aliphatic carbocycles. The van der Waals surface area contributed by atoms with Gasteiger partial charge >= 0.3 is 0 Å². The van der Waals surface area contributed by atoms with Crippen LogP contribution in [0.3, 0.4) is 0 Å². The molecule has 6 heteroatoms. The predicted octanol–water partition coefficient (Wildman–Crippen LogP) is 2.08. The van der Waals surface area contributed by atoms with Crippen molar-refractivity contribution in [2.45, 2.75) is 37.5 Å². The topological polar surface area (TPSA) is 84.2 Å². The largest absolute Gasteiger partial charge is 0.324 e.